The predicted octanol–water partition coefficient (Wildman–Crippen LogP) is 4.96. The predicted molar refractivity (Wildman–Crippen MR) is 107 cm³/mol. The Hall–Kier alpha value is -1.74. The zero-order chi connectivity index (χ0) is 18.7. The quantitative estimate of drug-likeness (QED) is 0.604. The van der Waals surface area contributed by atoms with Gasteiger partial charge in [0.1, 0.15) is 0 Å². The number of aromatic nitrogens is 1. The molecule has 0 spiro atoms. The highest BCUT2D eigenvalue weighted by Crippen LogP contribution is 2.33. The summed E-state index contributed by atoms with van der Waals surface area (Å²) in [5.41, 5.74) is 0.839. The third-order valence-corrected chi connectivity index (χ3v) is 7.47. The number of hydrogen-bond donors (Lipinski definition) is 1. The van der Waals surface area contributed by atoms with Gasteiger partial charge in [0.2, 0.25) is 0 Å². The fraction of sp³-hybridized carbons (Fsp3) is 0.176. The van der Waals surface area contributed by atoms with Gasteiger partial charge >= 0.3 is 0 Å². The van der Waals surface area contributed by atoms with Crippen molar-refractivity contribution in [1.29, 1.82) is 0 Å². The van der Waals surface area contributed by atoms with Gasteiger partial charge < -0.3 is 0 Å². The highest BCUT2D eigenvalue weighted by molar-refractivity contribution is 7.91. The van der Waals surface area contributed by atoms with Crippen molar-refractivity contribution in [3.05, 3.63) is 51.7 Å². The summed E-state index contributed by atoms with van der Waals surface area (Å²) >= 11 is 8.60. The average Bonchev–Trinajstić information content (AvgIpc) is 3.23. The first-order valence-corrected chi connectivity index (χ1v) is 11.5. The molecule has 26 heavy (non-hydrogen) atoms. The maximum absolute atomic E-state index is 12.6. The molecule has 0 radical (unpaired) electrons. The van der Waals surface area contributed by atoms with Crippen LogP contribution < -0.4 is 5.32 Å². The largest absolute Gasteiger partial charge is 0.298 e. The van der Waals surface area contributed by atoms with Crippen LogP contribution in [0.3, 0.4) is 0 Å². The molecule has 1 N–H and O–H groups in total. The minimum Gasteiger partial charge on any atom is -0.298 e. The van der Waals surface area contributed by atoms with Gasteiger partial charge in [-0.25, -0.2) is 13.4 Å². The van der Waals surface area contributed by atoms with Gasteiger partial charge in [-0.15, -0.1) is 22.7 Å². The molecule has 1 amide bonds. The van der Waals surface area contributed by atoms with E-state index in [1.165, 1.54) is 34.8 Å². The maximum Gasteiger partial charge on any atom is 0.258 e. The number of amides is 1. The van der Waals surface area contributed by atoms with Crippen LogP contribution in [0.25, 0.3) is 10.6 Å². The van der Waals surface area contributed by atoms with E-state index >= 15 is 0 Å². The minimum atomic E-state index is -3.50. The molecule has 3 rings (SSSR count). The van der Waals surface area contributed by atoms with Crippen LogP contribution in [-0.2, 0) is 9.84 Å². The Morgan fingerprint density at radius 1 is 1.23 bits per heavy atom. The van der Waals surface area contributed by atoms with Crippen molar-refractivity contribution in [3.63, 3.8) is 0 Å². The summed E-state index contributed by atoms with van der Waals surface area (Å²) in [6.07, 6.45) is 0.484. The molecule has 2 heterocycles. The summed E-state index contributed by atoms with van der Waals surface area (Å²) in [4.78, 5) is 17.9. The van der Waals surface area contributed by atoms with E-state index in [0.29, 0.717) is 21.6 Å². The van der Waals surface area contributed by atoms with Crippen LogP contribution in [0.4, 0.5) is 5.13 Å². The van der Waals surface area contributed by atoms with Crippen molar-refractivity contribution in [1.82, 2.24) is 4.98 Å². The lowest BCUT2D eigenvalue weighted by Crippen LogP contribution is -2.17. The van der Waals surface area contributed by atoms with Crippen LogP contribution in [0.1, 0.15) is 23.7 Å². The molecule has 0 aliphatic heterocycles. The summed E-state index contributed by atoms with van der Waals surface area (Å²) in [6.45, 7) is 1.79. The Morgan fingerprint density at radius 2 is 2.00 bits per heavy atom. The van der Waals surface area contributed by atoms with Gasteiger partial charge in [0.25, 0.3) is 5.91 Å². The number of thiazole rings is 1. The minimum absolute atomic E-state index is 0.00215. The van der Waals surface area contributed by atoms with Gasteiger partial charge in [-0.2, -0.15) is 0 Å². The molecule has 0 fully saturated rings. The molecule has 5 nitrogen and oxygen atoms in total. The van der Waals surface area contributed by atoms with E-state index in [1.54, 1.807) is 25.1 Å². The fourth-order valence-electron chi connectivity index (χ4n) is 2.36. The lowest BCUT2D eigenvalue weighted by atomic mass is 10.2. The standard InChI is InChI=1S/C17H15ClN2O3S3/c1-2-9-26(22,23)14-6-4-3-5-11(14)16(21)20-17-19-12(10-24-17)13-7-8-15(18)25-13/h3-8,10H,2,9H2,1H3,(H,19,20,21). The second kappa shape index (κ2) is 7.87. The van der Waals surface area contributed by atoms with Gasteiger partial charge in [-0.1, -0.05) is 30.7 Å². The van der Waals surface area contributed by atoms with Crippen LogP contribution in [-0.4, -0.2) is 25.1 Å². The van der Waals surface area contributed by atoms with Crippen molar-refractivity contribution in [2.75, 3.05) is 11.1 Å². The van der Waals surface area contributed by atoms with Crippen molar-refractivity contribution < 1.29 is 13.2 Å². The van der Waals surface area contributed by atoms with E-state index in [9.17, 15) is 13.2 Å². The van der Waals surface area contributed by atoms with Crippen LogP contribution in [0, 0.1) is 0 Å². The number of carbonyl (C=O) groups excluding carboxylic acids is 1. The molecule has 0 unspecified atom stereocenters. The Morgan fingerprint density at radius 3 is 2.69 bits per heavy atom. The van der Waals surface area contributed by atoms with E-state index in [1.807, 2.05) is 11.4 Å². The number of nitrogens with zero attached hydrogens (tertiary/aromatic N) is 1. The number of anilines is 1. The Bertz CT molecular complexity index is 1040. The Kier molecular flexibility index (Phi) is 5.76. The summed E-state index contributed by atoms with van der Waals surface area (Å²) in [5.74, 6) is -0.497. The SMILES string of the molecule is CCCS(=O)(=O)c1ccccc1C(=O)Nc1nc(-c2ccc(Cl)s2)cs1. The molecule has 0 saturated heterocycles. The molecule has 0 aliphatic rings. The number of rotatable bonds is 6. The first-order chi connectivity index (χ1) is 12.4. The van der Waals surface area contributed by atoms with Crippen LogP contribution in [0.5, 0.6) is 0 Å². The fourth-order valence-corrected chi connectivity index (χ4v) is 5.69. The highest BCUT2D eigenvalue weighted by atomic mass is 35.5. The molecule has 0 saturated carbocycles. The van der Waals surface area contributed by atoms with Crippen LogP contribution >= 0.6 is 34.3 Å². The van der Waals surface area contributed by atoms with Gasteiger partial charge in [-0.05, 0) is 30.7 Å². The van der Waals surface area contributed by atoms with Crippen molar-refractivity contribution in [3.8, 4) is 10.6 Å². The molecule has 0 atom stereocenters. The molecule has 0 aliphatic carbocycles. The van der Waals surface area contributed by atoms with Crippen molar-refractivity contribution in [2.45, 2.75) is 18.2 Å². The number of hydrogen-bond acceptors (Lipinski definition) is 6. The van der Waals surface area contributed by atoms with E-state index in [4.69, 9.17) is 11.6 Å². The summed E-state index contributed by atoms with van der Waals surface area (Å²) in [6, 6.07) is 9.86. The first kappa shape index (κ1) is 19.0. The van der Waals surface area contributed by atoms with Gasteiger partial charge in [0.15, 0.2) is 15.0 Å². The number of sulfone groups is 1. The zero-order valence-corrected chi connectivity index (χ0v) is 16.9. The molecular formula is C17H15ClN2O3S3. The second-order valence-electron chi connectivity index (χ2n) is 5.41. The van der Waals surface area contributed by atoms with Gasteiger partial charge in [0.05, 0.1) is 31.1 Å². The first-order valence-electron chi connectivity index (χ1n) is 7.75. The lowest BCUT2D eigenvalue weighted by Gasteiger charge is -2.09. The Labute approximate surface area is 164 Å². The highest BCUT2D eigenvalue weighted by Gasteiger charge is 2.22. The van der Waals surface area contributed by atoms with E-state index in [2.05, 4.69) is 10.3 Å². The topological polar surface area (TPSA) is 76.1 Å². The van der Waals surface area contributed by atoms with E-state index in [0.717, 1.165) is 4.88 Å². The smallest absolute Gasteiger partial charge is 0.258 e. The van der Waals surface area contributed by atoms with Crippen molar-refractivity contribution >= 4 is 55.2 Å². The summed E-state index contributed by atoms with van der Waals surface area (Å²) < 4.78 is 25.5. The number of carbonyl (C=O) groups is 1. The Balaban J connectivity index is 1.85. The maximum atomic E-state index is 12.6. The number of nitrogens with one attached hydrogen (secondary N) is 1. The molecule has 3 aromatic rings. The molecular weight excluding hydrogens is 412 g/mol. The summed E-state index contributed by atoms with van der Waals surface area (Å²) in [7, 11) is -3.50. The van der Waals surface area contributed by atoms with Crippen LogP contribution in [0.15, 0.2) is 46.7 Å². The summed E-state index contributed by atoms with van der Waals surface area (Å²) in [5, 5.41) is 4.90. The normalized spacial score (nSPS) is 11.5. The van der Waals surface area contributed by atoms with E-state index < -0.39 is 15.7 Å². The number of thiophene rings is 1. The average molecular weight is 427 g/mol. The molecule has 136 valence electrons. The lowest BCUT2D eigenvalue weighted by molar-refractivity contribution is 0.102. The molecule has 1 aromatic carbocycles. The third kappa shape index (κ3) is 4.15. The molecule has 2 aromatic heterocycles. The van der Waals surface area contributed by atoms with Gasteiger partial charge in [-0.3, -0.25) is 10.1 Å². The molecule has 9 heteroatoms. The second-order valence-corrected chi connectivity index (χ2v) is 10.1. The number of halogens is 1. The third-order valence-electron chi connectivity index (χ3n) is 3.49. The molecule has 0 bridgehead atoms. The zero-order valence-electron chi connectivity index (χ0n) is 13.7. The van der Waals surface area contributed by atoms with Crippen LogP contribution in [0.2, 0.25) is 4.34 Å². The monoisotopic (exact) mass is 426 g/mol. The van der Waals surface area contributed by atoms with Crippen molar-refractivity contribution in [2.24, 2.45) is 0 Å². The van der Waals surface area contributed by atoms with E-state index in [-0.39, 0.29) is 16.2 Å². The van der Waals surface area contributed by atoms with Gasteiger partial charge in [0, 0.05) is 5.38 Å². The number of benzene rings is 1.